The van der Waals surface area contributed by atoms with Crippen molar-refractivity contribution < 1.29 is 13.2 Å². The Kier molecular flexibility index (Phi) is 5.94. The van der Waals surface area contributed by atoms with Gasteiger partial charge in [-0.05, 0) is 41.5 Å². The number of rotatable bonds is 4. The summed E-state index contributed by atoms with van der Waals surface area (Å²) in [5, 5.41) is -0.375. The average molecular weight is 400 g/mol. The van der Waals surface area contributed by atoms with Gasteiger partial charge in [-0.1, -0.05) is 63.2 Å². The van der Waals surface area contributed by atoms with Crippen molar-refractivity contribution in [2.45, 2.75) is 50.0 Å². The highest BCUT2D eigenvalue weighted by Gasteiger charge is 2.32. The first kappa shape index (κ1) is 20.6. The molecule has 0 aromatic heterocycles. The molecule has 1 saturated heterocycles. The van der Waals surface area contributed by atoms with Gasteiger partial charge in [0.2, 0.25) is 0 Å². The van der Waals surface area contributed by atoms with E-state index in [0.717, 1.165) is 5.56 Å². The Bertz CT molecular complexity index is 905. The van der Waals surface area contributed by atoms with Gasteiger partial charge in [0.25, 0.3) is 5.91 Å². The van der Waals surface area contributed by atoms with E-state index in [-0.39, 0.29) is 22.3 Å². The second-order valence-electron chi connectivity index (χ2n) is 8.61. The van der Waals surface area contributed by atoms with Crippen LogP contribution in [0.25, 0.3) is 0 Å². The zero-order chi connectivity index (χ0) is 20.4. The maximum Gasteiger partial charge on any atom is 0.253 e. The summed E-state index contributed by atoms with van der Waals surface area (Å²) in [6.45, 7) is 7.40. The molecule has 1 aliphatic rings. The number of sulfone groups is 1. The zero-order valence-corrected chi connectivity index (χ0v) is 17.7. The van der Waals surface area contributed by atoms with Gasteiger partial charge in [-0.15, -0.1) is 0 Å². The van der Waals surface area contributed by atoms with E-state index < -0.39 is 9.84 Å². The fourth-order valence-electron chi connectivity index (χ4n) is 3.64. The number of carbonyl (C=O) groups is 1. The average Bonchev–Trinajstić information content (AvgIpc) is 2.67. The molecule has 0 spiro atoms. The van der Waals surface area contributed by atoms with Crippen molar-refractivity contribution in [1.82, 2.24) is 4.90 Å². The smallest absolute Gasteiger partial charge is 0.253 e. The van der Waals surface area contributed by atoms with E-state index in [0.29, 0.717) is 31.5 Å². The van der Waals surface area contributed by atoms with E-state index in [1.54, 1.807) is 4.90 Å². The van der Waals surface area contributed by atoms with Crippen LogP contribution in [-0.4, -0.2) is 37.6 Å². The molecular weight excluding hydrogens is 370 g/mol. The SMILES string of the molecule is CC(C)(C)c1ccc(C(=O)N2CCC(S(=O)(=O)Cc3ccccc3)CC2)cc1. The predicted octanol–water partition coefficient (Wildman–Crippen LogP) is 4.20. The van der Waals surface area contributed by atoms with Gasteiger partial charge in [0.15, 0.2) is 9.84 Å². The fourth-order valence-corrected chi connectivity index (χ4v) is 5.46. The van der Waals surface area contributed by atoms with Crippen molar-refractivity contribution in [1.29, 1.82) is 0 Å². The van der Waals surface area contributed by atoms with Gasteiger partial charge in [0.1, 0.15) is 0 Å². The number of likely N-dealkylation sites (tertiary alicyclic amines) is 1. The quantitative estimate of drug-likeness (QED) is 0.774. The Morgan fingerprint density at radius 1 is 0.964 bits per heavy atom. The summed E-state index contributed by atoms with van der Waals surface area (Å²) in [5.41, 5.74) is 2.72. The third kappa shape index (κ3) is 4.82. The molecule has 3 rings (SSSR count). The van der Waals surface area contributed by atoms with Gasteiger partial charge in [-0.3, -0.25) is 4.79 Å². The molecule has 0 atom stereocenters. The summed E-state index contributed by atoms with van der Waals surface area (Å²) in [4.78, 5) is 14.6. The van der Waals surface area contributed by atoms with Crippen LogP contribution in [-0.2, 0) is 21.0 Å². The molecule has 4 nitrogen and oxygen atoms in total. The van der Waals surface area contributed by atoms with E-state index in [2.05, 4.69) is 20.8 Å². The molecule has 1 fully saturated rings. The zero-order valence-electron chi connectivity index (χ0n) is 16.9. The first-order chi connectivity index (χ1) is 13.2. The van der Waals surface area contributed by atoms with E-state index in [1.807, 2.05) is 54.6 Å². The van der Waals surface area contributed by atoms with Crippen LogP contribution in [0.4, 0.5) is 0 Å². The van der Waals surface area contributed by atoms with Crippen LogP contribution in [0.15, 0.2) is 54.6 Å². The highest BCUT2D eigenvalue weighted by atomic mass is 32.2. The third-order valence-electron chi connectivity index (χ3n) is 5.45. The molecule has 5 heteroatoms. The van der Waals surface area contributed by atoms with E-state index in [9.17, 15) is 13.2 Å². The number of piperidine rings is 1. The molecule has 0 aliphatic carbocycles. The topological polar surface area (TPSA) is 54.5 Å². The minimum atomic E-state index is -3.21. The molecular formula is C23H29NO3S. The third-order valence-corrected chi connectivity index (χ3v) is 7.67. The van der Waals surface area contributed by atoms with Gasteiger partial charge >= 0.3 is 0 Å². The van der Waals surface area contributed by atoms with Crippen molar-refractivity contribution in [3.63, 3.8) is 0 Å². The van der Waals surface area contributed by atoms with Crippen LogP contribution < -0.4 is 0 Å². The van der Waals surface area contributed by atoms with Gasteiger partial charge in [-0.25, -0.2) is 8.42 Å². The lowest BCUT2D eigenvalue weighted by Gasteiger charge is -2.32. The number of hydrogen-bond donors (Lipinski definition) is 0. The van der Waals surface area contributed by atoms with Crippen molar-refractivity contribution in [2.24, 2.45) is 0 Å². The summed E-state index contributed by atoms with van der Waals surface area (Å²) < 4.78 is 25.5. The number of nitrogens with zero attached hydrogens (tertiary/aromatic N) is 1. The van der Waals surface area contributed by atoms with Crippen LogP contribution >= 0.6 is 0 Å². The number of hydrogen-bond acceptors (Lipinski definition) is 3. The Hall–Kier alpha value is -2.14. The van der Waals surface area contributed by atoms with Crippen molar-refractivity contribution >= 4 is 15.7 Å². The van der Waals surface area contributed by atoms with Crippen LogP contribution in [0.1, 0.15) is 55.1 Å². The normalized spacial score (nSPS) is 16.2. The molecule has 1 amide bonds. The highest BCUT2D eigenvalue weighted by molar-refractivity contribution is 7.91. The minimum absolute atomic E-state index is 0.0145. The fraction of sp³-hybridized carbons (Fsp3) is 0.435. The molecule has 0 N–H and O–H groups in total. The predicted molar refractivity (Wildman–Crippen MR) is 113 cm³/mol. The summed E-state index contributed by atoms with van der Waals surface area (Å²) in [6.07, 6.45) is 1.00. The van der Waals surface area contributed by atoms with Gasteiger partial charge in [0, 0.05) is 18.7 Å². The van der Waals surface area contributed by atoms with Crippen LogP contribution in [0.5, 0.6) is 0 Å². The summed E-state index contributed by atoms with van der Waals surface area (Å²) in [5.74, 6) is 0.0557. The maximum absolute atomic E-state index is 12.8. The molecule has 150 valence electrons. The Labute approximate surface area is 168 Å². The number of benzene rings is 2. The molecule has 2 aromatic carbocycles. The Morgan fingerprint density at radius 3 is 2.07 bits per heavy atom. The van der Waals surface area contributed by atoms with E-state index in [4.69, 9.17) is 0 Å². The molecule has 0 unspecified atom stereocenters. The summed E-state index contributed by atoms with van der Waals surface area (Å²) in [6, 6.07) is 17.0. The monoisotopic (exact) mass is 399 g/mol. The molecule has 0 saturated carbocycles. The second-order valence-corrected chi connectivity index (χ2v) is 10.9. The molecule has 0 radical (unpaired) electrons. The molecule has 1 aliphatic heterocycles. The van der Waals surface area contributed by atoms with E-state index in [1.165, 1.54) is 5.56 Å². The highest BCUT2D eigenvalue weighted by Crippen LogP contribution is 2.25. The minimum Gasteiger partial charge on any atom is -0.339 e. The number of amides is 1. The molecule has 1 heterocycles. The maximum atomic E-state index is 12.8. The van der Waals surface area contributed by atoms with Gasteiger partial charge < -0.3 is 4.90 Å². The molecule has 2 aromatic rings. The first-order valence-corrected chi connectivity index (χ1v) is 11.5. The Balaban J connectivity index is 1.61. The largest absolute Gasteiger partial charge is 0.339 e. The van der Waals surface area contributed by atoms with Crippen molar-refractivity contribution in [3.05, 3.63) is 71.3 Å². The number of carbonyl (C=O) groups excluding carboxylic acids is 1. The van der Waals surface area contributed by atoms with Crippen LogP contribution in [0, 0.1) is 0 Å². The standard InChI is InChI=1S/C23H29NO3S/c1-23(2,3)20-11-9-19(10-12-20)22(25)24-15-13-21(14-16-24)28(26,27)17-18-7-5-4-6-8-18/h4-12,21H,13-17H2,1-3H3. The summed E-state index contributed by atoms with van der Waals surface area (Å²) >= 11 is 0. The van der Waals surface area contributed by atoms with Crippen molar-refractivity contribution in [2.75, 3.05) is 13.1 Å². The van der Waals surface area contributed by atoms with E-state index >= 15 is 0 Å². The molecule has 0 bridgehead atoms. The first-order valence-electron chi connectivity index (χ1n) is 9.82. The van der Waals surface area contributed by atoms with Gasteiger partial charge in [-0.2, -0.15) is 0 Å². The van der Waals surface area contributed by atoms with Crippen molar-refractivity contribution in [3.8, 4) is 0 Å². The van der Waals surface area contributed by atoms with Gasteiger partial charge in [0.05, 0.1) is 11.0 Å². The second kappa shape index (κ2) is 8.08. The molecule has 28 heavy (non-hydrogen) atoms. The Morgan fingerprint density at radius 2 is 1.54 bits per heavy atom. The summed E-state index contributed by atoms with van der Waals surface area (Å²) in [7, 11) is -3.21. The van der Waals surface area contributed by atoms with Crippen LogP contribution in [0.3, 0.4) is 0 Å². The lowest BCUT2D eigenvalue weighted by atomic mass is 9.86. The van der Waals surface area contributed by atoms with Crippen LogP contribution in [0.2, 0.25) is 0 Å². The lowest BCUT2D eigenvalue weighted by Crippen LogP contribution is -2.42. The lowest BCUT2D eigenvalue weighted by molar-refractivity contribution is 0.0725.